The first-order valence-electron chi connectivity index (χ1n) is 11.4. The van der Waals surface area contributed by atoms with Gasteiger partial charge in [0.05, 0.1) is 25.7 Å². The van der Waals surface area contributed by atoms with Crippen molar-refractivity contribution >= 4 is 5.69 Å². The van der Waals surface area contributed by atoms with Crippen LogP contribution in [0.5, 0.6) is 11.5 Å². The highest BCUT2D eigenvalue weighted by Crippen LogP contribution is 2.47. The molecule has 3 fully saturated rings. The van der Waals surface area contributed by atoms with Gasteiger partial charge in [0.2, 0.25) is 0 Å². The van der Waals surface area contributed by atoms with Crippen LogP contribution in [0.4, 0.5) is 5.69 Å². The predicted octanol–water partition coefficient (Wildman–Crippen LogP) is 4.59. The lowest BCUT2D eigenvalue weighted by Crippen LogP contribution is -2.45. The van der Waals surface area contributed by atoms with Gasteiger partial charge >= 0.3 is 0 Å². The molecule has 2 saturated heterocycles. The summed E-state index contributed by atoms with van der Waals surface area (Å²) in [5.74, 6) is 1.79. The van der Waals surface area contributed by atoms with Gasteiger partial charge in [0.25, 0.3) is 5.69 Å². The molecule has 2 aliphatic heterocycles. The molecule has 178 valence electrons. The number of hydrogen-bond acceptors (Lipinski definition) is 7. The van der Waals surface area contributed by atoms with E-state index < -0.39 is 5.79 Å². The molecule has 0 amide bonds. The molecule has 2 aromatic carbocycles. The third-order valence-electron chi connectivity index (χ3n) is 6.98. The molecule has 2 heterocycles. The highest BCUT2D eigenvalue weighted by atomic mass is 16.7. The van der Waals surface area contributed by atoms with E-state index in [0.29, 0.717) is 12.6 Å². The van der Waals surface area contributed by atoms with Crippen molar-refractivity contribution < 1.29 is 23.9 Å². The van der Waals surface area contributed by atoms with E-state index >= 15 is 0 Å². The Morgan fingerprint density at radius 1 is 1.09 bits per heavy atom. The van der Waals surface area contributed by atoms with Crippen molar-refractivity contribution in [1.29, 1.82) is 0 Å². The number of para-hydroxylation sites is 2. The molecule has 1 spiro atoms. The lowest BCUT2D eigenvalue weighted by atomic mass is 9.81. The van der Waals surface area contributed by atoms with Crippen molar-refractivity contribution in [3.8, 4) is 11.5 Å². The Kier molecular flexibility index (Phi) is 7.17. The number of rotatable bonds is 4. The second kappa shape index (κ2) is 10.1. The summed E-state index contributed by atoms with van der Waals surface area (Å²) in [6, 6.07) is 14.8. The second-order valence-electron chi connectivity index (χ2n) is 8.87. The van der Waals surface area contributed by atoms with E-state index in [1.54, 1.807) is 26.4 Å². The lowest BCUT2D eigenvalue weighted by Gasteiger charge is -2.40. The number of non-ortho nitro benzene ring substituents is 1. The van der Waals surface area contributed by atoms with Crippen molar-refractivity contribution in [3.05, 3.63) is 64.2 Å². The molecule has 3 aliphatic rings. The molecule has 0 N–H and O–H groups in total. The molecule has 1 saturated carbocycles. The number of benzene rings is 2. The number of hydrogen-bond donors (Lipinski definition) is 0. The van der Waals surface area contributed by atoms with Crippen LogP contribution < -0.4 is 9.47 Å². The van der Waals surface area contributed by atoms with Gasteiger partial charge in [-0.15, -0.1) is 0 Å². The summed E-state index contributed by atoms with van der Waals surface area (Å²) >= 11 is 0. The normalized spacial score (nSPS) is 28.6. The summed E-state index contributed by atoms with van der Waals surface area (Å²) in [6.45, 7) is 1.63. The maximum atomic E-state index is 11.0. The van der Waals surface area contributed by atoms with Gasteiger partial charge in [-0.25, -0.2) is 0 Å². The molecule has 0 bridgehead atoms. The minimum absolute atomic E-state index is 0.103. The fourth-order valence-electron chi connectivity index (χ4n) is 5.16. The largest absolute Gasteiger partial charge is 0.493 e. The zero-order valence-electron chi connectivity index (χ0n) is 19.4. The summed E-state index contributed by atoms with van der Waals surface area (Å²) in [6.07, 6.45) is 4.02. The smallest absolute Gasteiger partial charge is 0.269 e. The maximum Gasteiger partial charge on any atom is 0.269 e. The molecule has 8 heteroatoms. The van der Waals surface area contributed by atoms with Gasteiger partial charge in [0, 0.05) is 31.0 Å². The van der Waals surface area contributed by atoms with Crippen LogP contribution in [0.15, 0.2) is 48.5 Å². The minimum atomic E-state index is -0.505. The standard InChI is InChI=1S/C17H22N2O4.C8H10O2/c1-18-8-6-12-5-7-17(10-15(12)18)22-11-16(23-17)13-3-2-4-14(9-13)19(20)21;1-9-7-5-3-4-6-8(7)10-2/h2-4,9,12,15-16H,5-8,10-11H2,1H3;3-6H,1-2H3/t12?,15-,16?,17?;/m0./s1. The summed E-state index contributed by atoms with van der Waals surface area (Å²) in [5.41, 5.74) is 0.934. The molecule has 3 unspecified atom stereocenters. The van der Waals surface area contributed by atoms with Crippen LogP contribution in [-0.4, -0.2) is 56.1 Å². The summed E-state index contributed by atoms with van der Waals surface area (Å²) in [5, 5.41) is 11.0. The number of nitro groups is 1. The van der Waals surface area contributed by atoms with Crippen molar-refractivity contribution in [2.75, 3.05) is 34.4 Å². The number of likely N-dealkylation sites (tertiary alicyclic amines) is 1. The van der Waals surface area contributed by atoms with E-state index in [-0.39, 0.29) is 16.7 Å². The summed E-state index contributed by atoms with van der Waals surface area (Å²) in [7, 11) is 5.42. The minimum Gasteiger partial charge on any atom is -0.493 e. The predicted molar refractivity (Wildman–Crippen MR) is 124 cm³/mol. The number of nitro benzene ring substituents is 1. The van der Waals surface area contributed by atoms with Crippen molar-refractivity contribution in [2.24, 2.45) is 5.92 Å². The van der Waals surface area contributed by atoms with Crippen LogP contribution in [0, 0.1) is 16.0 Å². The number of ether oxygens (including phenoxy) is 4. The molecule has 0 aromatic heterocycles. The van der Waals surface area contributed by atoms with Crippen LogP contribution >= 0.6 is 0 Å². The molecular formula is C25H32N2O6. The monoisotopic (exact) mass is 456 g/mol. The topological polar surface area (TPSA) is 83.3 Å². The van der Waals surface area contributed by atoms with Crippen molar-refractivity contribution in [3.63, 3.8) is 0 Å². The zero-order valence-corrected chi connectivity index (χ0v) is 19.4. The summed E-state index contributed by atoms with van der Waals surface area (Å²) in [4.78, 5) is 13.0. The summed E-state index contributed by atoms with van der Waals surface area (Å²) < 4.78 is 22.4. The molecule has 1 aliphatic carbocycles. The first-order chi connectivity index (χ1) is 15.9. The number of methoxy groups -OCH3 is 2. The second-order valence-corrected chi connectivity index (χ2v) is 8.87. The highest BCUT2D eigenvalue weighted by molar-refractivity contribution is 5.39. The number of nitrogens with zero attached hydrogens (tertiary/aromatic N) is 2. The van der Waals surface area contributed by atoms with E-state index in [1.807, 2.05) is 30.3 Å². The first kappa shape index (κ1) is 23.5. The average molecular weight is 457 g/mol. The Balaban J connectivity index is 0.000000219. The quantitative estimate of drug-likeness (QED) is 0.492. The van der Waals surface area contributed by atoms with E-state index in [4.69, 9.17) is 18.9 Å². The Hall–Kier alpha value is -2.68. The van der Waals surface area contributed by atoms with E-state index in [1.165, 1.54) is 12.5 Å². The maximum absolute atomic E-state index is 11.0. The van der Waals surface area contributed by atoms with E-state index in [2.05, 4.69) is 11.9 Å². The van der Waals surface area contributed by atoms with E-state index in [0.717, 1.165) is 48.8 Å². The molecule has 2 aromatic rings. The van der Waals surface area contributed by atoms with Crippen LogP contribution in [-0.2, 0) is 9.47 Å². The van der Waals surface area contributed by atoms with Gasteiger partial charge in [-0.3, -0.25) is 10.1 Å². The molecular weight excluding hydrogens is 424 g/mol. The average Bonchev–Trinajstić information content (AvgIpc) is 3.43. The van der Waals surface area contributed by atoms with Gasteiger partial charge < -0.3 is 23.8 Å². The van der Waals surface area contributed by atoms with Gasteiger partial charge in [0.1, 0.15) is 6.10 Å². The van der Waals surface area contributed by atoms with Gasteiger partial charge in [0.15, 0.2) is 17.3 Å². The van der Waals surface area contributed by atoms with Gasteiger partial charge in [-0.2, -0.15) is 0 Å². The number of fused-ring (bicyclic) bond motifs is 1. The fourth-order valence-corrected chi connectivity index (χ4v) is 5.16. The van der Waals surface area contributed by atoms with Crippen LogP contribution in [0.2, 0.25) is 0 Å². The Bertz CT molecular complexity index is 946. The van der Waals surface area contributed by atoms with Crippen molar-refractivity contribution in [1.82, 2.24) is 4.90 Å². The fraction of sp³-hybridized carbons (Fsp3) is 0.520. The van der Waals surface area contributed by atoms with Crippen LogP contribution in [0.1, 0.15) is 37.4 Å². The third kappa shape index (κ3) is 5.13. The van der Waals surface area contributed by atoms with Crippen LogP contribution in [0.25, 0.3) is 0 Å². The SMILES string of the molecule is CN1CCC2CCC3(C[C@@H]21)OCC(c1cccc([N+](=O)[O-])c1)O3.COc1ccccc1OC. The third-order valence-corrected chi connectivity index (χ3v) is 6.98. The molecule has 4 atom stereocenters. The molecule has 0 radical (unpaired) electrons. The lowest BCUT2D eigenvalue weighted by molar-refractivity contribution is -0.385. The first-order valence-corrected chi connectivity index (χ1v) is 11.4. The van der Waals surface area contributed by atoms with Crippen LogP contribution in [0.3, 0.4) is 0 Å². The zero-order chi connectivity index (χ0) is 23.4. The Morgan fingerprint density at radius 3 is 2.48 bits per heavy atom. The molecule has 33 heavy (non-hydrogen) atoms. The van der Waals surface area contributed by atoms with Gasteiger partial charge in [-0.1, -0.05) is 24.3 Å². The Labute approximate surface area is 194 Å². The van der Waals surface area contributed by atoms with E-state index in [9.17, 15) is 10.1 Å². The highest BCUT2D eigenvalue weighted by Gasteiger charge is 2.50. The molecule has 5 rings (SSSR count). The molecule has 8 nitrogen and oxygen atoms in total. The van der Waals surface area contributed by atoms with Gasteiger partial charge in [-0.05, 0) is 50.0 Å². The van der Waals surface area contributed by atoms with Crippen molar-refractivity contribution in [2.45, 2.75) is 43.6 Å². The Morgan fingerprint density at radius 2 is 1.82 bits per heavy atom.